The molecule has 0 aliphatic heterocycles. The molecule has 1 aromatic carbocycles. The largest absolute Gasteiger partial charge is 0.402 e. The van der Waals surface area contributed by atoms with Gasteiger partial charge in [-0.2, -0.15) is 0 Å². The van der Waals surface area contributed by atoms with Crippen LogP contribution in [0.15, 0.2) is 24.3 Å². The van der Waals surface area contributed by atoms with Crippen LogP contribution in [0.4, 0.5) is 0 Å². The van der Waals surface area contributed by atoms with Gasteiger partial charge >= 0.3 is 0 Å². The molecule has 138 valence electrons. The molecule has 0 aromatic heterocycles. The van der Waals surface area contributed by atoms with E-state index >= 15 is 0 Å². The predicted octanol–water partition coefficient (Wildman–Crippen LogP) is 6.89. The summed E-state index contributed by atoms with van der Waals surface area (Å²) >= 11 is 3.77. The molecule has 2 atom stereocenters. The van der Waals surface area contributed by atoms with Crippen molar-refractivity contribution in [3.05, 3.63) is 35.4 Å². The van der Waals surface area contributed by atoms with Crippen LogP contribution in [0, 0.1) is 0 Å². The minimum absolute atomic E-state index is 0.100. The van der Waals surface area contributed by atoms with E-state index in [2.05, 4.69) is 77.4 Å². The van der Waals surface area contributed by atoms with E-state index in [4.69, 9.17) is 8.85 Å². The highest BCUT2D eigenvalue weighted by atomic mass is 32.2. The molecule has 1 aromatic rings. The first-order chi connectivity index (χ1) is 11.1. The van der Waals surface area contributed by atoms with Crippen LogP contribution < -0.4 is 0 Å². The Morgan fingerprint density at radius 3 is 1.33 bits per heavy atom. The SMILES string of the molecule is CCS[C@@H](O[Si](C)(C)C)c1ccccc1[C@H](O[Si](C)(C)C)SCC. The zero-order valence-corrected chi connectivity index (χ0v) is 20.1. The van der Waals surface area contributed by atoms with Crippen molar-refractivity contribution in [2.45, 2.75) is 64.0 Å². The second kappa shape index (κ2) is 9.83. The molecule has 0 spiro atoms. The molecule has 0 unspecified atom stereocenters. The van der Waals surface area contributed by atoms with Crippen LogP contribution >= 0.6 is 23.5 Å². The number of rotatable bonds is 10. The van der Waals surface area contributed by atoms with Crippen LogP contribution in [-0.2, 0) is 8.85 Å². The second-order valence-corrected chi connectivity index (χ2v) is 19.3. The van der Waals surface area contributed by atoms with Crippen molar-refractivity contribution < 1.29 is 8.85 Å². The normalized spacial score (nSPS) is 15.3. The van der Waals surface area contributed by atoms with Gasteiger partial charge in [0.2, 0.25) is 0 Å². The first-order valence-electron chi connectivity index (χ1n) is 8.75. The van der Waals surface area contributed by atoms with Crippen LogP contribution in [0.3, 0.4) is 0 Å². The van der Waals surface area contributed by atoms with E-state index in [1.165, 1.54) is 11.1 Å². The first-order valence-corrected chi connectivity index (χ1v) is 17.7. The minimum Gasteiger partial charge on any atom is -0.402 e. The topological polar surface area (TPSA) is 18.5 Å². The fraction of sp³-hybridized carbons (Fsp3) is 0.667. The lowest BCUT2D eigenvalue weighted by Gasteiger charge is -2.31. The van der Waals surface area contributed by atoms with Gasteiger partial charge in [-0.05, 0) is 61.9 Å². The van der Waals surface area contributed by atoms with Gasteiger partial charge in [0.05, 0.1) is 0 Å². The maximum Gasteiger partial charge on any atom is 0.185 e. The molecule has 0 aliphatic rings. The third-order valence-electron chi connectivity index (χ3n) is 3.06. The van der Waals surface area contributed by atoms with Crippen molar-refractivity contribution in [1.82, 2.24) is 0 Å². The summed E-state index contributed by atoms with van der Waals surface area (Å²) in [7, 11) is -3.25. The summed E-state index contributed by atoms with van der Waals surface area (Å²) in [5, 5.41) is 0. The van der Waals surface area contributed by atoms with Crippen molar-refractivity contribution in [3.8, 4) is 0 Å². The number of hydrogen-bond acceptors (Lipinski definition) is 4. The Kier molecular flexibility index (Phi) is 9.14. The lowest BCUT2D eigenvalue weighted by molar-refractivity contribution is 0.266. The standard InChI is InChI=1S/C18H34O2S2Si2/c1-9-21-17(19-23(3,4)5)15-13-11-12-14-16(15)18(22-10-2)20-24(6,7)8/h11-14,17-18H,9-10H2,1-8H3/t17-,18-/m1/s1. The van der Waals surface area contributed by atoms with Gasteiger partial charge in [0.25, 0.3) is 0 Å². The van der Waals surface area contributed by atoms with Gasteiger partial charge in [-0.25, -0.2) is 0 Å². The lowest BCUT2D eigenvalue weighted by atomic mass is 10.1. The molecule has 0 aliphatic carbocycles. The summed E-state index contributed by atoms with van der Waals surface area (Å²) in [5.41, 5.74) is 2.78. The Balaban J connectivity index is 3.22. The predicted molar refractivity (Wildman–Crippen MR) is 117 cm³/mol. The highest BCUT2D eigenvalue weighted by molar-refractivity contribution is 7.99. The number of benzene rings is 1. The van der Waals surface area contributed by atoms with Gasteiger partial charge in [0.15, 0.2) is 16.6 Å². The average Bonchev–Trinajstić information content (AvgIpc) is 2.44. The highest BCUT2D eigenvalue weighted by Gasteiger charge is 2.29. The Hall–Kier alpha value is 0.274. The van der Waals surface area contributed by atoms with E-state index < -0.39 is 16.6 Å². The Morgan fingerprint density at radius 1 is 0.750 bits per heavy atom. The van der Waals surface area contributed by atoms with E-state index in [1.54, 1.807) is 0 Å². The zero-order chi connectivity index (χ0) is 18.4. The summed E-state index contributed by atoms with van der Waals surface area (Å²) in [6.07, 6.45) is 0. The molecule has 0 saturated carbocycles. The molecule has 0 N–H and O–H groups in total. The smallest absolute Gasteiger partial charge is 0.185 e. The van der Waals surface area contributed by atoms with Gasteiger partial charge in [-0.1, -0.05) is 38.1 Å². The molecular weight excluding hydrogens is 369 g/mol. The van der Waals surface area contributed by atoms with Crippen molar-refractivity contribution >= 4 is 40.2 Å². The van der Waals surface area contributed by atoms with Crippen molar-refractivity contribution in [3.63, 3.8) is 0 Å². The van der Waals surface area contributed by atoms with E-state index in [-0.39, 0.29) is 10.9 Å². The zero-order valence-electron chi connectivity index (χ0n) is 16.5. The summed E-state index contributed by atoms with van der Waals surface area (Å²) in [4.78, 5) is 0. The van der Waals surface area contributed by atoms with Gasteiger partial charge in [0, 0.05) is 0 Å². The van der Waals surface area contributed by atoms with Gasteiger partial charge in [-0.3, -0.25) is 0 Å². The fourth-order valence-corrected chi connectivity index (χ4v) is 7.47. The molecule has 0 bridgehead atoms. The molecule has 1 rings (SSSR count). The molecule has 0 amide bonds. The van der Waals surface area contributed by atoms with Crippen LogP contribution in [0.2, 0.25) is 39.3 Å². The molecule has 6 heteroatoms. The Bertz CT molecular complexity index is 454. The van der Waals surface area contributed by atoms with E-state index in [0.29, 0.717) is 0 Å². The van der Waals surface area contributed by atoms with Crippen LogP contribution in [0.25, 0.3) is 0 Å². The summed E-state index contributed by atoms with van der Waals surface area (Å²) in [5.74, 6) is 2.09. The second-order valence-electron chi connectivity index (χ2n) is 7.66. The third-order valence-corrected chi connectivity index (χ3v) is 7.26. The van der Waals surface area contributed by atoms with E-state index in [1.807, 2.05) is 23.5 Å². The molecule has 24 heavy (non-hydrogen) atoms. The number of thioether (sulfide) groups is 2. The van der Waals surface area contributed by atoms with Crippen molar-refractivity contribution in [2.75, 3.05) is 11.5 Å². The van der Waals surface area contributed by atoms with Gasteiger partial charge in [0.1, 0.15) is 10.9 Å². The highest BCUT2D eigenvalue weighted by Crippen LogP contribution is 2.41. The lowest BCUT2D eigenvalue weighted by Crippen LogP contribution is -2.29. The fourth-order valence-electron chi connectivity index (χ4n) is 2.26. The average molecular weight is 403 g/mol. The number of hydrogen-bond donors (Lipinski definition) is 0. The van der Waals surface area contributed by atoms with Crippen LogP contribution in [0.5, 0.6) is 0 Å². The minimum atomic E-state index is -1.62. The maximum absolute atomic E-state index is 6.51. The van der Waals surface area contributed by atoms with Crippen LogP contribution in [0.1, 0.15) is 35.8 Å². The van der Waals surface area contributed by atoms with Crippen molar-refractivity contribution in [1.29, 1.82) is 0 Å². The van der Waals surface area contributed by atoms with Crippen molar-refractivity contribution in [2.24, 2.45) is 0 Å². The van der Waals surface area contributed by atoms with Gasteiger partial charge < -0.3 is 8.85 Å². The van der Waals surface area contributed by atoms with E-state index in [0.717, 1.165) is 11.5 Å². The first kappa shape index (κ1) is 22.3. The monoisotopic (exact) mass is 402 g/mol. The molecule has 0 fully saturated rings. The molecule has 2 nitrogen and oxygen atoms in total. The Labute approximate surface area is 159 Å². The summed E-state index contributed by atoms with van der Waals surface area (Å²) in [6, 6.07) is 8.69. The Morgan fingerprint density at radius 2 is 1.08 bits per heavy atom. The molecule has 0 saturated heterocycles. The molecular formula is C18H34O2S2Si2. The van der Waals surface area contributed by atoms with Crippen LogP contribution in [-0.4, -0.2) is 28.1 Å². The quantitative estimate of drug-likeness (QED) is 0.313. The molecule has 0 radical (unpaired) electrons. The summed E-state index contributed by atoms with van der Waals surface area (Å²) < 4.78 is 13.0. The maximum atomic E-state index is 6.51. The molecule has 0 heterocycles. The summed E-state index contributed by atoms with van der Waals surface area (Å²) in [6.45, 7) is 18.0. The van der Waals surface area contributed by atoms with E-state index in [9.17, 15) is 0 Å². The third kappa shape index (κ3) is 8.10. The van der Waals surface area contributed by atoms with Gasteiger partial charge in [-0.15, -0.1) is 23.5 Å².